The van der Waals surface area contributed by atoms with Crippen LogP contribution in [0.1, 0.15) is 0 Å². The van der Waals surface area contributed by atoms with Crippen LogP contribution in [-0.2, 0) is 11.8 Å². The number of ether oxygens (including phenoxy) is 2. The molecule has 1 amide bonds. The summed E-state index contributed by atoms with van der Waals surface area (Å²) in [6, 6.07) is 11.5. The Morgan fingerprint density at radius 2 is 1.90 bits per heavy atom. The Balaban J connectivity index is 1.42. The summed E-state index contributed by atoms with van der Waals surface area (Å²) in [5.74, 6) is 0.957. The Labute approximate surface area is 244 Å². The summed E-state index contributed by atoms with van der Waals surface area (Å²) in [7, 11) is 5.68. The maximum absolute atomic E-state index is 12.3. The number of amides is 1. The number of piperazine rings is 1. The first-order valence-corrected chi connectivity index (χ1v) is 13.8. The van der Waals surface area contributed by atoms with Gasteiger partial charge in [-0.2, -0.15) is 0 Å². The van der Waals surface area contributed by atoms with Crippen molar-refractivity contribution in [2.75, 3.05) is 64.1 Å². The molecule has 41 heavy (non-hydrogen) atoms. The zero-order valence-electron chi connectivity index (χ0n) is 23.5. The van der Waals surface area contributed by atoms with Crippen molar-refractivity contribution in [2.45, 2.75) is 0 Å². The fourth-order valence-corrected chi connectivity index (χ4v) is 5.04. The van der Waals surface area contributed by atoms with Crippen LogP contribution >= 0.6 is 11.6 Å². The van der Waals surface area contributed by atoms with Gasteiger partial charge in [-0.15, -0.1) is 0 Å². The molecule has 1 saturated heterocycles. The molecule has 11 heteroatoms. The van der Waals surface area contributed by atoms with Crippen LogP contribution in [0.3, 0.4) is 0 Å². The van der Waals surface area contributed by atoms with Crippen molar-refractivity contribution in [3.63, 3.8) is 0 Å². The smallest absolute Gasteiger partial charge is 0.247 e. The van der Waals surface area contributed by atoms with Crippen molar-refractivity contribution >= 4 is 45.7 Å². The minimum atomic E-state index is -0.356. The first-order chi connectivity index (χ1) is 19.9. The van der Waals surface area contributed by atoms with Crippen LogP contribution in [0.2, 0.25) is 5.02 Å². The molecule has 1 aliphatic heterocycles. The molecule has 2 aromatic heterocycles. The second-order valence-electron chi connectivity index (χ2n) is 9.92. The highest BCUT2D eigenvalue weighted by atomic mass is 35.5. The van der Waals surface area contributed by atoms with Crippen molar-refractivity contribution < 1.29 is 14.3 Å². The molecule has 4 aromatic rings. The van der Waals surface area contributed by atoms with Gasteiger partial charge in [0.15, 0.2) is 0 Å². The number of carbonyl (C=O) groups excluding carboxylic acids is 1. The molecule has 5 rings (SSSR count). The van der Waals surface area contributed by atoms with Crippen LogP contribution in [0.15, 0.2) is 61.4 Å². The Morgan fingerprint density at radius 1 is 1.12 bits per heavy atom. The number of likely N-dealkylation sites (N-methyl/N-ethyl adjacent to an activating group) is 1. The molecule has 0 unspecified atom stereocenters. The molecule has 214 valence electrons. The van der Waals surface area contributed by atoms with E-state index in [1.54, 1.807) is 25.4 Å². The SMILES string of the molecule is C=CC(=O)Nc1cc(Nc2ncc(Cl)c(-c3cn(C)c4ccccc34)n2)c(OC)cc1OCCN1CCN(C)CC1. The number of methoxy groups -OCH3 is 1. The van der Waals surface area contributed by atoms with E-state index < -0.39 is 0 Å². The molecule has 0 radical (unpaired) electrons. The van der Waals surface area contributed by atoms with E-state index in [1.807, 2.05) is 42.1 Å². The van der Waals surface area contributed by atoms with Crippen LogP contribution in [-0.4, -0.2) is 83.7 Å². The Hall–Kier alpha value is -4.12. The number of aromatic nitrogens is 3. The minimum absolute atomic E-state index is 0.320. The number of carbonyl (C=O) groups is 1. The molecule has 0 aliphatic carbocycles. The average molecular weight is 576 g/mol. The van der Waals surface area contributed by atoms with E-state index in [0.717, 1.165) is 49.2 Å². The van der Waals surface area contributed by atoms with Gasteiger partial charge < -0.3 is 29.6 Å². The normalized spacial score (nSPS) is 14.1. The zero-order valence-corrected chi connectivity index (χ0v) is 24.2. The molecule has 2 N–H and O–H groups in total. The summed E-state index contributed by atoms with van der Waals surface area (Å²) in [5, 5.41) is 7.53. The van der Waals surface area contributed by atoms with Gasteiger partial charge in [-0.25, -0.2) is 9.97 Å². The molecule has 0 bridgehead atoms. The van der Waals surface area contributed by atoms with E-state index in [9.17, 15) is 4.79 Å². The highest BCUT2D eigenvalue weighted by Crippen LogP contribution is 2.39. The Morgan fingerprint density at radius 3 is 2.66 bits per heavy atom. The van der Waals surface area contributed by atoms with Crippen molar-refractivity contribution in [1.82, 2.24) is 24.3 Å². The van der Waals surface area contributed by atoms with Crippen LogP contribution in [0, 0.1) is 0 Å². The van der Waals surface area contributed by atoms with Gasteiger partial charge in [-0.1, -0.05) is 36.4 Å². The second kappa shape index (κ2) is 12.6. The number of nitrogens with zero attached hydrogens (tertiary/aromatic N) is 5. The summed E-state index contributed by atoms with van der Waals surface area (Å²) < 4.78 is 13.8. The number of hydrogen-bond acceptors (Lipinski definition) is 8. The summed E-state index contributed by atoms with van der Waals surface area (Å²) in [6.45, 7) is 8.86. The van der Waals surface area contributed by atoms with Gasteiger partial charge in [0.1, 0.15) is 18.1 Å². The number of benzene rings is 2. The van der Waals surface area contributed by atoms with Gasteiger partial charge in [-0.3, -0.25) is 9.69 Å². The lowest BCUT2D eigenvalue weighted by Gasteiger charge is -2.32. The number of anilines is 3. The maximum Gasteiger partial charge on any atom is 0.247 e. The van der Waals surface area contributed by atoms with E-state index in [4.69, 9.17) is 26.1 Å². The molecule has 1 fully saturated rings. The molecule has 0 atom stereocenters. The Bertz CT molecular complexity index is 1560. The lowest BCUT2D eigenvalue weighted by molar-refractivity contribution is -0.111. The number of hydrogen-bond donors (Lipinski definition) is 2. The molecule has 0 saturated carbocycles. The van der Waals surface area contributed by atoms with Gasteiger partial charge in [0.2, 0.25) is 11.9 Å². The van der Waals surface area contributed by atoms with Crippen molar-refractivity contribution in [1.29, 1.82) is 0 Å². The third-order valence-corrected chi connectivity index (χ3v) is 7.43. The number of aryl methyl sites for hydroxylation is 1. The average Bonchev–Trinajstić information content (AvgIpc) is 3.32. The standard InChI is InChI=1S/C30H34ClN7O3/c1-5-28(39)33-24-16-23(26(40-4)17-27(24)41-15-14-38-12-10-36(2)11-13-38)34-30-32-18-22(31)29(35-30)21-19-37(3)25-9-7-6-8-20(21)25/h5-9,16-19H,1,10-15H2,2-4H3,(H,33,39)(H,32,34,35). The molecule has 2 aromatic carbocycles. The largest absolute Gasteiger partial charge is 0.494 e. The Kier molecular flexibility index (Phi) is 8.72. The second-order valence-corrected chi connectivity index (χ2v) is 10.3. The predicted octanol–water partition coefficient (Wildman–Crippen LogP) is 4.79. The van der Waals surface area contributed by atoms with Gasteiger partial charge >= 0.3 is 0 Å². The van der Waals surface area contributed by atoms with E-state index in [2.05, 4.69) is 39.0 Å². The fraction of sp³-hybridized carbons (Fsp3) is 0.300. The highest BCUT2D eigenvalue weighted by molar-refractivity contribution is 6.33. The van der Waals surface area contributed by atoms with E-state index in [-0.39, 0.29) is 5.91 Å². The summed E-state index contributed by atoms with van der Waals surface area (Å²) in [4.78, 5) is 26.1. The quantitative estimate of drug-likeness (QED) is 0.261. The zero-order chi connectivity index (χ0) is 28.9. The lowest BCUT2D eigenvalue weighted by Crippen LogP contribution is -2.45. The number of fused-ring (bicyclic) bond motifs is 1. The highest BCUT2D eigenvalue weighted by Gasteiger charge is 2.19. The van der Waals surface area contributed by atoms with E-state index in [0.29, 0.717) is 46.1 Å². The predicted molar refractivity (Wildman–Crippen MR) is 163 cm³/mol. The number of para-hydroxylation sites is 1. The number of halogens is 1. The molecule has 3 heterocycles. The number of nitrogens with one attached hydrogen (secondary N) is 2. The fourth-order valence-electron chi connectivity index (χ4n) is 4.85. The van der Waals surface area contributed by atoms with Crippen LogP contribution < -0.4 is 20.1 Å². The van der Waals surface area contributed by atoms with Crippen molar-refractivity contribution in [3.8, 4) is 22.8 Å². The van der Waals surface area contributed by atoms with Crippen LogP contribution in [0.4, 0.5) is 17.3 Å². The summed E-state index contributed by atoms with van der Waals surface area (Å²) in [6.07, 6.45) is 4.78. The minimum Gasteiger partial charge on any atom is -0.494 e. The van der Waals surface area contributed by atoms with Crippen molar-refractivity contribution in [2.24, 2.45) is 7.05 Å². The topological polar surface area (TPSA) is 96.8 Å². The first-order valence-electron chi connectivity index (χ1n) is 13.4. The summed E-state index contributed by atoms with van der Waals surface area (Å²) >= 11 is 6.57. The third-order valence-electron chi connectivity index (χ3n) is 7.15. The molecular formula is C30H34ClN7O3. The van der Waals surface area contributed by atoms with Gasteiger partial charge in [-0.05, 0) is 25.3 Å². The molecule has 10 nitrogen and oxygen atoms in total. The van der Waals surface area contributed by atoms with E-state index >= 15 is 0 Å². The van der Waals surface area contributed by atoms with Crippen LogP contribution in [0.5, 0.6) is 11.5 Å². The molecule has 0 spiro atoms. The maximum atomic E-state index is 12.3. The number of rotatable bonds is 10. The monoisotopic (exact) mass is 575 g/mol. The third kappa shape index (κ3) is 6.45. The van der Waals surface area contributed by atoms with Gasteiger partial charge in [0.25, 0.3) is 0 Å². The van der Waals surface area contributed by atoms with Crippen molar-refractivity contribution in [3.05, 3.63) is 66.5 Å². The van der Waals surface area contributed by atoms with Crippen LogP contribution in [0.25, 0.3) is 22.2 Å². The first kappa shape index (κ1) is 28.4. The van der Waals surface area contributed by atoms with Gasteiger partial charge in [0, 0.05) is 68.5 Å². The summed E-state index contributed by atoms with van der Waals surface area (Å²) in [5.41, 5.74) is 3.58. The lowest BCUT2D eigenvalue weighted by atomic mass is 10.1. The van der Waals surface area contributed by atoms with E-state index in [1.165, 1.54) is 6.08 Å². The molecular weight excluding hydrogens is 542 g/mol. The van der Waals surface area contributed by atoms with Gasteiger partial charge in [0.05, 0.1) is 35.4 Å². The molecule has 1 aliphatic rings.